The van der Waals surface area contributed by atoms with Gasteiger partial charge in [-0.1, -0.05) is 0 Å². The molecule has 406 valence electrons. The van der Waals surface area contributed by atoms with E-state index in [1.807, 2.05) is 0 Å². The lowest BCUT2D eigenvalue weighted by Gasteiger charge is -2.16. The number of phenolic OH excluding ortho intramolecular Hbond substituents is 2. The number of phenols is 2. The lowest BCUT2D eigenvalue weighted by atomic mass is 9.95. The molecule has 0 spiro atoms. The number of ether oxygens (including phenoxy) is 2. The van der Waals surface area contributed by atoms with Crippen molar-refractivity contribution in [1.29, 1.82) is 0 Å². The van der Waals surface area contributed by atoms with E-state index in [4.69, 9.17) is 55.9 Å². The van der Waals surface area contributed by atoms with Crippen LogP contribution < -0.4 is 20.7 Å². The molecule has 0 unspecified atom stereocenters. The fourth-order valence-electron chi connectivity index (χ4n) is 7.57. The van der Waals surface area contributed by atoms with E-state index in [2.05, 4.69) is 60.3 Å². The second-order valence-corrected chi connectivity index (χ2v) is 22.9. The monoisotopic (exact) mass is 1230 g/mol. The molecule has 8 rings (SSSR count). The summed E-state index contributed by atoms with van der Waals surface area (Å²) in [6.07, 6.45) is 0. The first kappa shape index (κ1) is 56.9. The van der Waals surface area contributed by atoms with Crippen LogP contribution in [0.25, 0.3) is 32.7 Å². The van der Waals surface area contributed by atoms with Gasteiger partial charge in [-0.05, 0) is 154 Å². The number of aryl methyl sites for hydroxylation is 2. The zero-order valence-electron chi connectivity index (χ0n) is 39.2. The molecule has 0 radical (unpaired) electrons. The van der Waals surface area contributed by atoms with E-state index in [-0.39, 0.29) is 66.2 Å². The molecule has 0 aliphatic heterocycles. The van der Waals surface area contributed by atoms with Gasteiger partial charge >= 0.3 is 0 Å². The van der Waals surface area contributed by atoms with Crippen molar-refractivity contribution in [2.75, 3.05) is 14.2 Å². The summed E-state index contributed by atoms with van der Waals surface area (Å²) < 4.78 is 152. The van der Waals surface area contributed by atoms with Crippen molar-refractivity contribution in [2.24, 2.45) is 30.4 Å². The number of azo groups is 2. The van der Waals surface area contributed by atoms with Crippen molar-refractivity contribution in [2.45, 2.75) is 33.4 Å². The summed E-state index contributed by atoms with van der Waals surface area (Å²) in [7, 11) is -18.1. The van der Waals surface area contributed by atoms with E-state index in [1.165, 1.54) is 38.5 Å². The summed E-state index contributed by atoms with van der Waals surface area (Å²) in [5, 5.41) is 36.6. The molecule has 8 aromatic rings. The number of hydrogen-bond donors (Lipinski definition) is 8. The van der Waals surface area contributed by atoms with E-state index in [9.17, 15) is 62.1 Å². The third-order valence-electron chi connectivity index (χ3n) is 10.9. The van der Waals surface area contributed by atoms with Crippen LogP contribution in [-0.2, 0) is 40.5 Å². The molecule has 6 aromatic carbocycles. The van der Waals surface area contributed by atoms with Crippen molar-refractivity contribution in [3.05, 3.63) is 104 Å². The number of benzene rings is 6. The van der Waals surface area contributed by atoms with Gasteiger partial charge in [-0.3, -0.25) is 28.2 Å². The summed E-state index contributed by atoms with van der Waals surface area (Å²) in [6, 6.07) is 10.6. The smallest absolute Gasteiger partial charge is 0.296 e. The molecule has 2 aromatic heterocycles. The maximum absolute atomic E-state index is 12.8. The Bertz CT molecular complexity index is 4270. The van der Waals surface area contributed by atoms with Gasteiger partial charge in [-0.2, -0.15) is 53.6 Å². The number of halogens is 4. The van der Waals surface area contributed by atoms with Gasteiger partial charge in [-0.25, -0.2) is 9.98 Å². The predicted molar refractivity (Wildman–Crippen MR) is 277 cm³/mol. The standard InChI is InChI=1S/C42H30Cl4N12O16S4/c1-15-5-23(55-57-33-29(77(67,68)69)9-17-7-19(75(61,62)63)11-25(31(17)35(33)59)47-41-51-37(43)49-38(44)52-41)27(73-3)13-21(15)22-14-28(74-4)24(6-16(22)2)56-58-34-30(78(70,71)72)10-18-8-20(76(64,65)66)12-26(32(18)36(34)60)48-42-53-39(45)50-40(46)54-42/h5-14,59-60H,1-4H3,(H,61,62,63)(H,64,65,66)(H,67,68,69)(H,70,71,72)(H,47,49,51,52)(H,48,50,53,54). The Labute approximate surface area is 457 Å². The van der Waals surface area contributed by atoms with Crippen LogP contribution in [0.15, 0.2) is 111 Å². The molecular formula is C42H30Cl4N12O16S4. The highest BCUT2D eigenvalue weighted by molar-refractivity contribution is 7.86. The highest BCUT2D eigenvalue weighted by Crippen LogP contribution is 2.49. The Morgan fingerprint density at radius 3 is 1.14 bits per heavy atom. The van der Waals surface area contributed by atoms with Crippen LogP contribution in [-0.4, -0.2) is 106 Å². The van der Waals surface area contributed by atoms with Crippen molar-refractivity contribution < 1.29 is 71.6 Å². The van der Waals surface area contributed by atoms with Gasteiger partial charge < -0.3 is 19.7 Å². The fourth-order valence-corrected chi connectivity index (χ4v) is 10.7. The number of nitrogens with one attached hydrogen (secondary N) is 2. The maximum atomic E-state index is 12.8. The molecule has 0 bridgehead atoms. The lowest BCUT2D eigenvalue weighted by Crippen LogP contribution is -2.13. The average Bonchev–Trinajstić information content (AvgIpc) is 3.42. The van der Waals surface area contributed by atoms with Crippen molar-refractivity contribution in [3.63, 3.8) is 0 Å². The molecule has 0 amide bonds. The van der Waals surface area contributed by atoms with E-state index < -0.39 is 105 Å². The molecule has 0 saturated carbocycles. The van der Waals surface area contributed by atoms with Gasteiger partial charge in [0.05, 0.1) is 46.2 Å². The van der Waals surface area contributed by atoms with Gasteiger partial charge in [0.15, 0.2) is 11.5 Å². The lowest BCUT2D eigenvalue weighted by molar-refractivity contribution is 0.415. The third-order valence-corrected chi connectivity index (χ3v) is 15.0. The number of H-pyrrole nitrogens is 2. The van der Waals surface area contributed by atoms with Gasteiger partial charge in [0.25, 0.3) is 40.5 Å². The van der Waals surface area contributed by atoms with Crippen LogP contribution >= 0.6 is 46.4 Å². The van der Waals surface area contributed by atoms with Crippen molar-refractivity contribution >= 4 is 143 Å². The summed E-state index contributed by atoms with van der Waals surface area (Å²) in [4.78, 5) is 24.4. The first-order valence-corrected chi connectivity index (χ1v) is 28.1. The molecule has 8 N–H and O–H groups in total. The van der Waals surface area contributed by atoms with Gasteiger partial charge in [-0.15, -0.1) is 20.5 Å². The average molecular weight is 1230 g/mol. The number of aromatic amines is 2. The van der Waals surface area contributed by atoms with Crippen LogP contribution in [0.4, 0.5) is 34.1 Å². The number of hydrogen-bond acceptors (Lipinski definition) is 22. The molecule has 2 heterocycles. The number of fused-ring (bicyclic) bond motifs is 2. The SMILES string of the molecule is COc1cc(-c2cc(OC)c(N=Nc3c(S(=O)(=O)O)cc4cc(S(=O)(=O)O)cc(N=c5nc(Cl)nc(Cl)[nH]5)c4c3O)cc2C)c(C)cc1N=Nc1c(S(=O)(=O)O)cc2cc(S(=O)(=O)O)cc(N=c3nc(Cl)nc(Cl)[nH]3)c2c1O. The second kappa shape index (κ2) is 21.1. The van der Waals surface area contributed by atoms with Crippen molar-refractivity contribution in [3.8, 4) is 34.1 Å². The van der Waals surface area contributed by atoms with Crippen LogP contribution in [0.5, 0.6) is 23.0 Å². The minimum atomic E-state index is -5.29. The summed E-state index contributed by atoms with van der Waals surface area (Å²) >= 11 is 23.7. The Hall–Kier alpha value is -7.34. The molecule has 28 nitrogen and oxygen atoms in total. The molecule has 0 aliphatic carbocycles. The third kappa shape index (κ3) is 11.9. The minimum Gasteiger partial charge on any atom is -0.505 e. The number of aromatic hydroxyl groups is 2. The fraction of sp³-hybridized carbons (Fsp3) is 0.0952. The molecule has 0 fully saturated rings. The van der Waals surface area contributed by atoms with Crippen LogP contribution in [0.1, 0.15) is 11.1 Å². The van der Waals surface area contributed by atoms with Crippen LogP contribution in [0.2, 0.25) is 21.1 Å². The van der Waals surface area contributed by atoms with E-state index >= 15 is 0 Å². The summed E-state index contributed by atoms with van der Waals surface area (Å²) in [5.41, 5.74) is -1.72. The van der Waals surface area contributed by atoms with Crippen molar-refractivity contribution in [1.82, 2.24) is 29.9 Å². The number of methoxy groups -OCH3 is 2. The molecule has 36 heteroatoms. The molecule has 0 atom stereocenters. The Balaban J connectivity index is 1.23. The number of rotatable bonds is 13. The number of nitrogens with zero attached hydrogens (tertiary/aromatic N) is 10. The van der Waals surface area contributed by atoms with E-state index in [0.29, 0.717) is 22.3 Å². The highest BCUT2D eigenvalue weighted by Gasteiger charge is 2.28. The van der Waals surface area contributed by atoms with Crippen LogP contribution in [0.3, 0.4) is 0 Å². The molecule has 0 aliphatic rings. The van der Waals surface area contributed by atoms with Gasteiger partial charge in [0, 0.05) is 0 Å². The largest absolute Gasteiger partial charge is 0.505 e. The summed E-state index contributed by atoms with van der Waals surface area (Å²) in [5.74, 6) is -2.01. The maximum Gasteiger partial charge on any atom is 0.296 e. The Morgan fingerprint density at radius 1 is 0.474 bits per heavy atom. The van der Waals surface area contributed by atoms with Crippen LogP contribution in [0, 0.1) is 13.8 Å². The van der Waals surface area contributed by atoms with Gasteiger partial charge in [0.2, 0.25) is 32.4 Å². The highest BCUT2D eigenvalue weighted by atomic mass is 35.5. The summed E-state index contributed by atoms with van der Waals surface area (Å²) in [6.45, 7) is 3.27. The second-order valence-electron chi connectivity index (χ2n) is 15.9. The predicted octanol–water partition coefficient (Wildman–Crippen LogP) is 8.84. The first-order valence-electron chi connectivity index (χ1n) is 20.8. The molecular weight excluding hydrogens is 1200 g/mol. The normalized spacial score (nSPS) is 13.2. The minimum absolute atomic E-state index is 0.000151. The number of aromatic nitrogens is 6. The Kier molecular flexibility index (Phi) is 15.4. The first-order chi connectivity index (χ1) is 36.3. The molecule has 78 heavy (non-hydrogen) atoms. The zero-order chi connectivity index (χ0) is 57.1. The van der Waals surface area contributed by atoms with E-state index in [1.54, 1.807) is 13.8 Å². The Morgan fingerprint density at radius 2 is 0.833 bits per heavy atom. The van der Waals surface area contributed by atoms with Gasteiger partial charge in [0.1, 0.15) is 44.0 Å². The van der Waals surface area contributed by atoms with E-state index in [0.717, 1.165) is 36.4 Å². The quantitative estimate of drug-likeness (QED) is 0.0394. The zero-order valence-corrected chi connectivity index (χ0v) is 45.4. The topological polar surface area (TPSA) is 434 Å². The molecule has 0 saturated heterocycles.